The van der Waals surface area contributed by atoms with Crippen LogP contribution < -0.4 is 10.5 Å². The fourth-order valence-corrected chi connectivity index (χ4v) is 1.72. The molecule has 0 fully saturated rings. The molecule has 0 aliphatic carbocycles. The summed E-state index contributed by atoms with van der Waals surface area (Å²) < 4.78 is 9.89. The van der Waals surface area contributed by atoms with E-state index in [0.717, 1.165) is 6.42 Å². The first kappa shape index (κ1) is 13.6. The summed E-state index contributed by atoms with van der Waals surface area (Å²) in [6.07, 6.45) is 2.23. The summed E-state index contributed by atoms with van der Waals surface area (Å²) in [7, 11) is 1.34. The number of nitrogens with two attached hydrogens (primary N) is 1. The third-order valence-electron chi connectivity index (χ3n) is 1.81. The second kappa shape index (κ2) is 6.95. The van der Waals surface area contributed by atoms with Crippen molar-refractivity contribution in [3.8, 4) is 5.88 Å². The van der Waals surface area contributed by atoms with Crippen LogP contribution >= 0.6 is 11.8 Å². The lowest BCUT2D eigenvalue weighted by Crippen LogP contribution is -2.06. The number of esters is 1. The van der Waals surface area contributed by atoms with Gasteiger partial charge in [0.2, 0.25) is 5.88 Å². The van der Waals surface area contributed by atoms with Gasteiger partial charge in [-0.1, -0.05) is 18.7 Å². The van der Waals surface area contributed by atoms with Crippen molar-refractivity contribution in [3.05, 3.63) is 6.33 Å². The fourth-order valence-electron chi connectivity index (χ4n) is 0.979. The number of hydrogen-bond acceptors (Lipinski definition) is 7. The van der Waals surface area contributed by atoms with E-state index in [1.54, 1.807) is 0 Å². The molecule has 0 saturated heterocycles. The van der Waals surface area contributed by atoms with Gasteiger partial charge in [0.15, 0.2) is 0 Å². The molecule has 6 nitrogen and oxygen atoms in total. The normalized spacial score (nSPS) is 10.0. The fraction of sp³-hybridized carbons (Fsp3) is 0.500. The van der Waals surface area contributed by atoms with Crippen LogP contribution in [0.5, 0.6) is 5.88 Å². The Bertz CT molecular complexity index is 387. The summed E-state index contributed by atoms with van der Waals surface area (Å²) in [5.41, 5.74) is 6.19. The molecule has 0 atom stereocenters. The number of rotatable bonds is 6. The Morgan fingerprint density at radius 1 is 1.53 bits per heavy atom. The first-order valence-electron chi connectivity index (χ1n) is 5.12. The molecule has 1 heterocycles. The van der Waals surface area contributed by atoms with E-state index < -0.39 is 0 Å². The van der Waals surface area contributed by atoms with Gasteiger partial charge < -0.3 is 15.2 Å². The number of nitrogens with zero attached hydrogens (tertiary/aromatic N) is 2. The van der Waals surface area contributed by atoms with E-state index >= 15 is 0 Å². The molecule has 0 unspecified atom stereocenters. The van der Waals surface area contributed by atoms with E-state index in [1.807, 2.05) is 6.92 Å². The number of hydrogen-bond donors (Lipinski definition) is 1. The number of nitrogen functional groups attached to an aromatic ring is 1. The van der Waals surface area contributed by atoms with Crippen LogP contribution in [0.3, 0.4) is 0 Å². The van der Waals surface area contributed by atoms with Crippen LogP contribution in [0, 0.1) is 0 Å². The topological polar surface area (TPSA) is 87.3 Å². The van der Waals surface area contributed by atoms with Crippen molar-refractivity contribution < 1.29 is 14.3 Å². The van der Waals surface area contributed by atoms with E-state index in [2.05, 4.69) is 14.7 Å². The SMILES string of the molecule is CCCOc1ncnc(SCC(=O)OC)c1N. The summed E-state index contributed by atoms with van der Waals surface area (Å²) >= 11 is 1.20. The minimum atomic E-state index is -0.330. The zero-order chi connectivity index (χ0) is 12.7. The average Bonchev–Trinajstić information content (AvgIpc) is 2.35. The molecule has 0 aliphatic rings. The monoisotopic (exact) mass is 257 g/mol. The Morgan fingerprint density at radius 3 is 2.94 bits per heavy atom. The standard InChI is InChI=1S/C10H15N3O3S/c1-3-4-16-9-8(11)10(13-6-12-9)17-5-7(14)15-2/h6H,3-5,11H2,1-2H3. The summed E-state index contributed by atoms with van der Waals surface area (Å²) in [5.74, 6) is 0.184. The minimum absolute atomic E-state index is 0.158. The Hall–Kier alpha value is -1.50. The minimum Gasteiger partial charge on any atom is -0.476 e. The lowest BCUT2D eigenvalue weighted by molar-refractivity contribution is -0.137. The highest BCUT2D eigenvalue weighted by Gasteiger charge is 2.11. The molecule has 0 bridgehead atoms. The van der Waals surface area contributed by atoms with Crippen LogP contribution in [-0.4, -0.2) is 35.4 Å². The van der Waals surface area contributed by atoms with Crippen LogP contribution in [0.25, 0.3) is 0 Å². The predicted molar refractivity (Wildman–Crippen MR) is 65.0 cm³/mol. The van der Waals surface area contributed by atoms with Gasteiger partial charge in [0.25, 0.3) is 0 Å². The van der Waals surface area contributed by atoms with E-state index in [1.165, 1.54) is 25.2 Å². The Morgan fingerprint density at radius 2 is 2.29 bits per heavy atom. The highest BCUT2D eigenvalue weighted by molar-refractivity contribution is 8.00. The average molecular weight is 257 g/mol. The van der Waals surface area contributed by atoms with Gasteiger partial charge in [-0.25, -0.2) is 4.98 Å². The second-order valence-corrected chi connectivity index (χ2v) is 4.07. The summed E-state index contributed by atoms with van der Waals surface area (Å²) in [6.45, 7) is 2.53. The van der Waals surface area contributed by atoms with Gasteiger partial charge in [0, 0.05) is 0 Å². The Balaban J connectivity index is 2.69. The summed E-state index contributed by atoms with van der Waals surface area (Å²) in [4.78, 5) is 18.9. The number of ether oxygens (including phenoxy) is 2. The van der Waals surface area contributed by atoms with Gasteiger partial charge in [-0.2, -0.15) is 4.98 Å². The molecule has 7 heteroatoms. The summed E-state index contributed by atoms with van der Waals surface area (Å²) in [6, 6.07) is 0. The number of carbonyl (C=O) groups excluding carboxylic acids is 1. The van der Waals surface area contributed by atoms with Crippen molar-refractivity contribution in [2.75, 3.05) is 25.2 Å². The second-order valence-electron chi connectivity index (χ2n) is 3.11. The number of aromatic nitrogens is 2. The van der Waals surface area contributed by atoms with Gasteiger partial charge in [-0.15, -0.1) is 0 Å². The van der Waals surface area contributed by atoms with Gasteiger partial charge in [-0.05, 0) is 6.42 Å². The Labute approximate surface area is 104 Å². The molecule has 0 spiro atoms. The van der Waals surface area contributed by atoms with Crippen molar-refractivity contribution in [1.82, 2.24) is 9.97 Å². The first-order chi connectivity index (χ1) is 8.19. The van der Waals surface area contributed by atoms with E-state index in [4.69, 9.17) is 10.5 Å². The van der Waals surface area contributed by atoms with Gasteiger partial charge in [0.05, 0.1) is 19.5 Å². The van der Waals surface area contributed by atoms with Crippen LogP contribution in [0.15, 0.2) is 11.4 Å². The molecule has 0 saturated carbocycles. The maximum absolute atomic E-state index is 11.0. The van der Waals surface area contributed by atoms with Crippen molar-refractivity contribution in [1.29, 1.82) is 0 Å². The zero-order valence-electron chi connectivity index (χ0n) is 9.80. The van der Waals surface area contributed by atoms with Crippen molar-refractivity contribution in [3.63, 3.8) is 0 Å². The quantitative estimate of drug-likeness (QED) is 0.464. The van der Waals surface area contributed by atoms with Crippen LogP contribution in [-0.2, 0) is 9.53 Å². The Kier molecular flexibility index (Phi) is 5.55. The molecule has 0 amide bonds. The predicted octanol–water partition coefficient (Wildman–Crippen LogP) is 1.11. The van der Waals surface area contributed by atoms with Crippen molar-refractivity contribution in [2.24, 2.45) is 0 Å². The van der Waals surface area contributed by atoms with Gasteiger partial charge in [-0.3, -0.25) is 4.79 Å². The van der Waals surface area contributed by atoms with Crippen LogP contribution in [0.2, 0.25) is 0 Å². The largest absolute Gasteiger partial charge is 0.476 e. The molecule has 17 heavy (non-hydrogen) atoms. The van der Waals surface area contributed by atoms with Gasteiger partial charge >= 0.3 is 5.97 Å². The molecule has 0 aliphatic heterocycles. The summed E-state index contributed by atoms with van der Waals surface area (Å²) in [5, 5.41) is 0.525. The lowest BCUT2D eigenvalue weighted by Gasteiger charge is -2.08. The van der Waals surface area contributed by atoms with E-state index in [-0.39, 0.29) is 11.7 Å². The molecular formula is C10H15N3O3S. The molecular weight excluding hydrogens is 242 g/mol. The van der Waals surface area contributed by atoms with E-state index in [0.29, 0.717) is 23.2 Å². The molecule has 94 valence electrons. The zero-order valence-corrected chi connectivity index (χ0v) is 10.6. The van der Waals surface area contributed by atoms with Crippen molar-refractivity contribution in [2.45, 2.75) is 18.4 Å². The molecule has 0 aromatic carbocycles. The number of anilines is 1. The number of carbonyl (C=O) groups is 1. The highest BCUT2D eigenvalue weighted by atomic mass is 32.2. The van der Waals surface area contributed by atoms with Crippen LogP contribution in [0.4, 0.5) is 5.69 Å². The maximum atomic E-state index is 11.0. The maximum Gasteiger partial charge on any atom is 0.316 e. The van der Waals surface area contributed by atoms with E-state index in [9.17, 15) is 4.79 Å². The first-order valence-corrected chi connectivity index (χ1v) is 6.10. The molecule has 2 N–H and O–H groups in total. The molecule has 1 aromatic heterocycles. The molecule has 0 radical (unpaired) electrons. The van der Waals surface area contributed by atoms with Crippen molar-refractivity contribution >= 4 is 23.4 Å². The number of methoxy groups -OCH3 is 1. The lowest BCUT2D eigenvalue weighted by atomic mass is 10.5. The number of thioether (sulfide) groups is 1. The highest BCUT2D eigenvalue weighted by Crippen LogP contribution is 2.28. The third kappa shape index (κ3) is 4.10. The molecule has 1 rings (SSSR count). The smallest absolute Gasteiger partial charge is 0.316 e. The third-order valence-corrected chi connectivity index (χ3v) is 2.79. The molecule has 1 aromatic rings. The van der Waals surface area contributed by atoms with Gasteiger partial charge in [0.1, 0.15) is 17.0 Å². The van der Waals surface area contributed by atoms with Crippen LogP contribution in [0.1, 0.15) is 13.3 Å².